The summed E-state index contributed by atoms with van der Waals surface area (Å²) >= 11 is 0. The second-order valence-corrected chi connectivity index (χ2v) is 8.74. The number of oxazole rings is 1. The van der Waals surface area contributed by atoms with Crippen LogP contribution < -0.4 is 10.6 Å². The number of rotatable bonds is 9. The van der Waals surface area contributed by atoms with Gasteiger partial charge in [-0.25, -0.2) is 4.98 Å². The van der Waals surface area contributed by atoms with Crippen molar-refractivity contribution in [2.45, 2.75) is 58.5 Å². The van der Waals surface area contributed by atoms with E-state index in [1.54, 1.807) is 17.8 Å². The standard InChI is InChI=1S/C25H31N5O3/c1-5-19(6-2)28-24(32)22-14-26-25(33-22)18-9-7-8-17(12-18)20-13-21(30(4)29-20)23(31)27-15(3)16-10-11-16/h7-9,12-16,19H,5-6,10-11H2,1-4H3,(H,27,31)(H,28,32). The van der Waals surface area contributed by atoms with Gasteiger partial charge in [0.2, 0.25) is 11.7 Å². The molecule has 0 radical (unpaired) electrons. The molecule has 0 bridgehead atoms. The summed E-state index contributed by atoms with van der Waals surface area (Å²) in [5.74, 6) is 0.746. The lowest BCUT2D eigenvalue weighted by Gasteiger charge is -2.12. The minimum atomic E-state index is -0.264. The van der Waals surface area contributed by atoms with E-state index in [1.807, 2.05) is 45.0 Å². The number of hydrogen-bond donors (Lipinski definition) is 2. The fraction of sp³-hybridized carbons (Fsp3) is 0.440. The molecule has 174 valence electrons. The highest BCUT2D eigenvalue weighted by Crippen LogP contribution is 2.32. The minimum absolute atomic E-state index is 0.109. The smallest absolute Gasteiger partial charge is 0.288 e. The maximum Gasteiger partial charge on any atom is 0.288 e. The molecule has 2 amide bonds. The Morgan fingerprint density at radius 1 is 1.12 bits per heavy atom. The lowest BCUT2D eigenvalue weighted by Crippen LogP contribution is -2.35. The van der Waals surface area contributed by atoms with Gasteiger partial charge in [-0.2, -0.15) is 5.10 Å². The van der Waals surface area contributed by atoms with Crippen molar-refractivity contribution >= 4 is 11.8 Å². The van der Waals surface area contributed by atoms with E-state index in [1.165, 1.54) is 19.0 Å². The summed E-state index contributed by atoms with van der Waals surface area (Å²) in [6, 6.07) is 9.62. The third-order valence-corrected chi connectivity index (χ3v) is 6.26. The average Bonchev–Trinajstić information content (AvgIpc) is 3.42. The van der Waals surface area contributed by atoms with Gasteiger partial charge in [0, 0.05) is 30.3 Å². The van der Waals surface area contributed by atoms with Crippen molar-refractivity contribution in [3.05, 3.63) is 48.0 Å². The van der Waals surface area contributed by atoms with E-state index >= 15 is 0 Å². The first-order valence-corrected chi connectivity index (χ1v) is 11.6. The van der Waals surface area contributed by atoms with Gasteiger partial charge >= 0.3 is 0 Å². The van der Waals surface area contributed by atoms with Crippen molar-refractivity contribution < 1.29 is 14.0 Å². The van der Waals surface area contributed by atoms with E-state index in [2.05, 4.69) is 20.7 Å². The van der Waals surface area contributed by atoms with Crippen LogP contribution in [-0.4, -0.2) is 38.7 Å². The van der Waals surface area contributed by atoms with Crippen LogP contribution in [0.4, 0.5) is 0 Å². The highest BCUT2D eigenvalue weighted by atomic mass is 16.4. The number of nitrogens with one attached hydrogen (secondary N) is 2. The zero-order chi connectivity index (χ0) is 23.5. The summed E-state index contributed by atoms with van der Waals surface area (Å²) in [5, 5.41) is 10.6. The van der Waals surface area contributed by atoms with Crippen LogP contribution in [0, 0.1) is 5.92 Å². The van der Waals surface area contributed by atoms with Gasteiger partial charge < -0.3 is 15.1 Å². The fourth-order valence-corrected chi connectivity index (χ4v) is 3.89. The molecular formula is C25H31N5O3. The van der Waals surface area contributed by atoms with Crippen molar-refractivity contribution in [1.82, 2.24) is 25.4 Å². The minimum Gasteiger partial charge on any atom is -0.431 e. The van der Waals surface area contributed by atoms with Crippen LogP contribution in [0.5, 0.6) is 0 Å². The van der Waals surface area contributed by atoms with Crippen molar-refractivity contribution in [3.8, 4) is 22.7 Å². The Kier molecular flexibility index (Phi) is 6.62. The number of benzene rings is 1. The van der Waals surface area contributed by atoms with Gasteiger partial charge in [-0.3, -0.25) is 14.3 Å². The van der Waals surface area contributed by atoms with Crippen LogP contribution in [0.1, 0.15) is 67.5 Å². The van der Waals surface area contributed by atoms with Gasteiger partial charge in [0.15, 0.2) is 0 Å². The molecule has 2 heterocycles. The lowest BCUT2D eigenvalue weighted by atomic mass is 10.1. The second-order valence-electron chi connectivity index (χ2n) is 8.74. The number of hydrogen-bond acceptors (Lipinski definition) is 5. The molecule has 1 aliphatic rings. The number of amides is 2. The lowest BCUT2D eigenvalue weighted by molar-refractivity contribution is 0.0904. The molecule has 0 saturated heterocycles. The molecule has 0 spiro atoms. The van der Waals surface area contributed by atoms with Crippen LogP contribution >= 0.6 is 0 Å². The van der Waals surface area contributed by atoms with Gasteiger partial charge in [-0.05, 0) is 56.7 Å². The van der Waals surface area contributed by atoms with Gasteiger partial charge in [-0.15, -0.1) is 0 Å². The molecule has 4 rings (SSSR count). The molecule has 1 aromatic carbocycles. The Bertz CT molecular complexity index is 1140. The maximum absolute atomic E-state index is 12.7. The topological polar surface area (TPSA) is 102 Å². The van der Waals surface area contributed by atoms with E-state index < -0.39 is 0 Å². The normalized spacial score (nSPS) is 14.3. The summed E-state index contributed by atoms with van der Waals surface area (Å²) in [4.78, 5) is 29.4. The number of carbonyl (C=O) groups excluding carboxylic acids is 2. The van der Waals surface area contributed by atoms with Crippen LogP contribution in [0.25, 0.3) is 22.7 Å². The van der Waals surface area contributed by atoms with E-state index in [-0.39, 0.29) is 29.7 Å². The molecule has 1 atom stereocenters. The maximum atomic E-state index is 12.7. The van der Waals surface area contributed by atoms with E-state index in [0.717, 1.165) is 24.0 Å². The average molecular weight is 450 g/mol. The first-order chi connectivity index (χ1) is 15.9. The van der Waals surface area contributed by atoms with Gasteiger partial charge in [-0.1, -0.05) is 26.0 Å². The van der Waals surface area contributed by atoms with Gasteiger partial charge in [0.1, 0.15) is 5.69 Å². The fourth-order valence-electron chi connectivity index (χ4n) is 3.89. The third-order valence-electron chi connectivity index (χ3n) is 6.26. The Morgan fingerprint density at radius 2 is 1.85 bits per heavy atom. The molecule has 1 unspecified atom stereocenters. The molecule has 3 aromatic rings. The first-order valence-electron chi connectivity index (χ1n) is 11.6. The molecule has 0 aliphatic heterocycles. The zero-order valence-corrected chi connectivity index (χ0v) is 19.6. The largest absolute Gasteiger partial charge is 0.431 e. The molecule has 8 heteroatoms. The summed E-state index contributed by atoms with van der Waals surface area (Å²) in [7, 11) is 1.77. The third kappa shape index (κ3) is 5.16. The van der Waals surface area contributed by atoms with E-state index in [9.17, 15) is 9.59 Å². The summed E-state index contributed by atoms with van der Waals surface area (Å²) in [6.07, 6.45) is 5.51. The molecule has 8 nitrogen and oxygen atoms in total. The van der Waals surface area contributed by atoms with E-state index in [0.29, 0.717) is 23.2 Å². The molecule has 1 fully saturated rings. The SMILES string of the molecule is CCC(CC)NC(=O)c1cnc(-c2cccc(-c3cc(C(=O)NC(C)C4CC4)n(C)n3)c2)o1. The zero-order valence-electron chi connectivity index (χ0n) is 19.6. The van der Waals surface area contributed by atoms with Crippen molar-refractivity contribution in [2.24, 2.45) is 13.0 Å². The van der Waals surface area contributed by atoms with Gasteiger partial charge in [0.05, 0.1) is 11.9 Å². The Balaban J connectivity index is 1.51. The molecular weight excluding hydrogens is 418 g/mol. The molecule has 33 heavy (non-hydrogen) atoms. The quantitative estimate of drug-likeness (QED) is 0.510. The summed E-state index contributed by atoms with van der Waals surface area (Å²) in [5.41, 5.74) is 2.76. The highest BCUT2D eigenvalue weighted by Gasteiger charge is 2.29. The molecule has 2 N–H and O–H groups in total. The number of aryl methyl sites for hydroxylation is 1. The predicted molar refractivity (Wildman–Crippen MR) is 126 cm³/mol. The van der Waals surface area contributed by atoms with Crippen molar-refractivity contribution in [1.29, 1.82) is 0 Å². The van der Waals surface area contributed by atoms with Crippen LogP contribution in [0.3, 0.4) is 0 Å². The predicted octanol–water partition coefficient (Wildman–Crippen LogP) is 4.19. The Morgan fingerprint density at radius 3 is 2.55 bits per heavy atom. The van der Waals surface area contributed by atoms with Crippen molar-refractivity contribution in [2.75, 3.05) is 0 Å². The van der Waals surface area contributed by atoms with Crippen molar-refractivity contribution in [3.63, 3.8) is 0 Å². The second kappa shape index (κ2) is 9.60. The molecule has 1 saturated carbocycles. The van der Waals surface area contributed by atoms with Gasteiger partial charge in [0.25, 0.3) is 11.8 Å². The summed E-state index contributed by atoms with van der Waals surface area (Å²) < 4.78 is 7.34. The molecule has 1 aliphatic carbocycles. The van der Waals surface area contributed by atoms with Crippen LogP contribution in [0.15, 0.2) is 40.9 Å². The van der Waals surface area contributed by atoms with Crippen LogP contribution in [0.2, 0.25) is 0 Å². The number of nitrogens with zero attached hydrogens (tertiary/aromatic N) is 3. The first kappa shape index (κ1) is 22.8. The molecule has 2 aromatic heterocycles. The Labute approximate surface area is 193 Å². The van der Waals surface area contributed by atoms with E-state index in [4.69, 9.17) is 4.42 Å². The van der Waals surface area contributed by atoms with Crippen LogP contribution in [-0.2, 0) is 7.05 Å². The monoisotopic (exact) mass is 449 g/mol. The highest BCUT2D eigenvalue weighted by molar-refractivity contribution is 5.94. The number of aromatic nitrogens is 3. The Hall–Kier alpha value is -3.42. The number of carbonyl (C=O) groups is 2. The summed E-state index contributed by atoms with van der Waals surface area (Å²) in [6.45, 7) is 6.12.